The minimum absolute atomic E-state index is 0.486. The molecule has 1 unspecified atom stereocenters. The van der Waals surface area contributed by atoms with Gasteiger partial charge in [0.05, 0.1) is 0 Å². The van der Waals surface area contributed by atoms with Crippen LogP contribution in [0.25, 0.3) is 0 Å². The lowest BCUT2D eigenvalue weighted by Crippen LogP contribution is -2.46. The first kappa shape index (κ1) is 22.2. The lowest BCUT2D eigenvalue weighted by Gasteiger charge is -2.34. The topological polar surface area (TPSA) is 42.9 Å². The molecule has 0 aromatic carbocycles. The van der Waals surface area contributed by atoms with E-state index in [1.807, 2.05) is 7.05 Å². The maximum Gasteiger partial charge on any atom is 0.191 e. The minimum Gasteiger partial charge on any atom is -0.356 e. The molecule has 0 amide bonds. The summed E-state index contributed by atoms with van der Waals surface area (Å²) in [7, 11) is 1.86. The van der Waals surface area contributed by atoms with Gasteiger partial charge in [0, 0.05) is 45.8 Å². The van der Waals surface area contributed by atoms with Crippen molar-refractivity contribution in [2.75, 3.05) is 52.9 Å². The summed E-state index contributed by atoms with van der Waals surface area (Å²) in [6.07, 6.45) is 6.28. The molecule has 0 radical (unpaired) electrons. The fourth-order valence-electron chi connectivity index (χ4n) is 3.33. The largest absolute Gasteiger partial charge is 0.356 e. The Labute approximate surface area is 156 Å². The Morgan fingerprint density at radius 2 is 1.64 bits per heavy atom. The smallest absolute Gasteiger partial charge is 0.191 e. The van der Waals surface area contributed by atoms with Crippen molar-refractivity contribution in [1.29, 1.82) is 0 Å². The first-order valence-corrected chi connectivity index (χ1v) is 10.5. The van der Waals surface area contributed by atoms with Crippen molar-refractivity contribution < 1.29 is 0 Å². The van der Waals surface area contributed by atoms with Gasteiger partial charge in [-0.3, -0.25) is 4.99 Å². The predicted octanol–water partition coefficient (Wildman–Crippen LogP) is 2.78. The summed E-state index contributed by atoms with van der Waals surface area (Å²) in [6, 6.07) is 0.486. The highest BCUT2D eigenvalue weighted by molar-refractivity contribution is 5.79. The molecule has 1 atom stereocenters. The Morgan fingerprint density at radius 3 is 2.24 bits per heavy atom. The van der Waals surface area contributed by atoms with E-state index in [9.17, 15) is 0 Å². The first-order chi connectivity index (χ1) is 12.0. The van der Waals surface area contributed by atoms with E-state index < -0.39 is 0 Å². The van der Waals surface area contributed by atoms with Crippen LogP contribution in [0.3, 0.4) is 0 Å². The Hall–Kier alpha value is -0.810. The number of rotatable bonds is 11. The molecule has 1 heterocycles. The normalized spacial score (nSPS) is 18.6. The second kappa shape index (κ2) is 13.4. The van der Waals surface area contributed by atoms with Gasteiger partial charge in [-0.05, 0) is 45.2 Å². The number of aliphatic imine (C=N–C) groups is 1. The van der Waals surface area contributed by atoms with E-state index >= 15 is 0 Å². The zero-order chi connectivity index (χ0) is 18.5. The third kappa shape index (κ3) is 10.7. The standard InChI is InChI=1S/C20H43N5/c1-6-24-14-16-25(17-15-24)13-8-7-12-22-20(21-5)23-19(4)11-9-10-18(2)3/h18-19H,6-17H2,1-5H3,(H2,21,22,23). The van der Waals surface area contributed by atoms with Gasteiger partial charge in [-0.25, -0.2) is 0 Å². The number of unbranched alkanes of at least 4 members (excludes halogenated alkanes) is 1. The van der Waals surface area contributed by atoms with Gasteiger partial charge in [-0.1, -0.05) is 33.6 Å². The number of hydrogen-bond donors (Lipinski definition) is 2. The van der Waals surface area contributed by atoms with Gasteiger partial charge in [-0.2, -0.15) is 0 Å². The third-order valence-electron chi connectivity index (χ3n) is 5.13. The number of hydrogen-bond acceptors (Lipinski definition) is 3. The summed E-state index contributed by atoms with van der Waals surface area (Å²) in [5.74, 6) is 1.75. The van der Waals surface area contributed by atoms with Crippen LogP contribution in [0.5, 0.6) is 0 Å². The van der Waals surface area contributed by atoms with Crippen molar-refractivity contribution in [3.8, 4) is 0 Å². The molecule has 1 aliphatic rings. The van der Waals surface area contributed by atoms with Crippen LogP contribution >= 0.6 is 0 Å². The maximum atomic E-state index is 4.35. The molecule has 0 aromatic rings. The molecule has 1 aliphatic heterocycles. The molecular formula is C20H43N5. The van der Waals surface area contributed by atoms with E-state index in [1.165, 1.54) is 71.4 Å². The summed E-state index contributed by atoms with van der Waals surface area (Å²) in [5.41, 5.74) is 0. The van der Waals surface area contributed by atoms with Crippen LogP contribution < -0.4 is 10.6 Å². The summed E-state index contributed by atoms with van der Waals surface area (Å²) in [6.45, 7) is 17.5. The van der Waals surface area contributed by atoms with Crippen LogP contribution in [0.15, 0.2) is 4.99 Å². The molecule has 0 aromatic heterocycles. The molecule has 25 heavy (non-hydrogen) atoms. The number of likely N-dealkylation sites (N-methyl/N-ethyl adjacent to an activating group) is 1. The highest BCUT2D eigenvalue weighted by atomic mass is 15.3. The van der Waals surface area contributed by atoms with Crippen LogP contribution in [0.1, 0.15) is 59.8 Å². The number of guanidine groups is 1. The third-order valence-corrected chi connectivity index (χ3v) is 5.13. The second-order valence-corrected chi connectivity index (χ2v) is 7.85. The molecule has 2 N–H and O–H groups in total. The van der Waals surface area contributed by atoms with Crippen LogP contribution in [0.4, 0.5) is 0 Å². The summed E-state index contributed by atoms with van der Waals surface area (Å²) < 4.78 is 0. The predicted molar refractivity (Wildman–Crippen MR) is 110 cm³/mol. The summed E-state index contributed by atoms with van der Waals surface area (Å²) >= 11 is 0. The Morgan fingerprint density at radius 1 is 0.960 bits per heavy atom. The average molecular weight is 354 g/mol. The highest BCUT2D eigenvalue weighted by Crippen LogP contribution is 2.08. The van der Waals surface area contributed by atoms with Crippen molar-refractivity contribution in [1.82, 2.24) is 20.4 Å². The number of nitrogens with one attached hydrogen (secondary N) is 2. The quantitative estimate of drug-likeness (QED) is 0.340. The molecule has 1 rings (SSSR count). The molecule has 1 fully saturated rings. The molecule has 0 bridgehead atoms. The van der Waals surface area contributed by atoms with Crippen molar-refractivity contribution in [3.05, 3.63) is 0 Å². The average Bonchev–Trinajstić information content (AvgIpc) is 2.60. The van der Waals surface area contributed by atoms with E-state index in [2.05, 4.69) is 53.1 Å². The lowest BCUT2D eigenvalue weighted by molar-refractivity contribution is 0.136. The highest BCUT2D eigenvalue weighted by Gasteiger charge is 2.14. The van der Waals surface area contributed by atoms with Gasteiger partial charge >= 0.3 is 0 Å². The van der Waals surface area contributed by atoms with Crippen LogP contribution in [0.2, 0.25) is 0 Å². The fourth-order valence-corrected chi connectivity index (χ4v) is 3.33. The summed E-state index contributed by atoms with van der Waals surface area (Å²) in [4.78, 5) is 9.50. The maximum absolute atomic E-state index is 4.35. The van der Waals surface area contributed by atoms with Crippen LogP contribution in [-0.2, 0) is 0 Å². The minimum atomic E-state index is 0.486. The van der Waals surface area contributed by atoms with Crippen LogP contribution in [0, 0.1) is 5.92 Å². The molecule has 0 saturated carbocycles. The zero-order valence-electron chi connectivity index (χ0n) is 17.5. The van der Waals surface area contributed by atoms with Crippen LogP contribution in [-0.4, -0.2) is 74.7 Å². The first-order valence-electron chi connectivity index (χ1n) is 10.5. The van der Waals surface area contributed by atoms with Crippen molar-refractivity contribution in [2.24, 2.45) is 10.9 Å². The van der Waals surface area contributed by atoms with E-state index in [-0.39, 0.29) is 0 Å². The Balaban J connectivity index is 2.05. The Kier molecular flexibility index (Phi) is 11.9. The van der Waals surface area contributed by atoms with E-state index in [0.29, 0.717) is 6.04 Å². The zero-order valence-corrected chi connectivity index (χ0v) is 17.5. The van der Waals surface area contributed by atoms with Gasteiger partial charge in [-0.15, -0.1) is 0 Å². The molecule has 5 nitrogen and oxygen atoms in total. The van der Waals surface area contributed by atoms with Gasteiger partial charge in [0.1, 0.15) is 0 Å². The molecule has 5 heteroatoms. The molecular weight excluding hydrogens is 310 g/mol. The summed E-state index contributed by atoms with van der Waals surface area (Å²) in [5, 5.41) is 6.98. The Bertz CT molecular complexity index is 348. The fraction of sp³-hybridized carbons (Fsp3) is 0.950. The van der Waals surface area contributed by atoms with Gasteiger partial charge in [0.15, 0.2) is 5.96 Å². The van der Waals surface area contributed by atoms with Crippen molar-refractivity contribution >= 4 is 5.96 Å². The number of piperazine rings is 1. The van der Waals surface area contributed by atoms with Crippen molar-refractivity contribution in [2.45, 2.75) is 65.8 Å². The molecule has 148 valence electrons. The second-order valence-electron chi connectivity index (χ2n) is 7.85. The SMILES string of the molecule is CCN1CCN(CCCCNC(=NC)NC(C)CCCC(C)C)CC1. The molecule has 0 spiro atoms. The molecule has 0 aliphatic carbocycles. The van der Waals surface area contributed by atoms with Gasteiger partial charge in [0.2, 0.25) is 0 Å². The van der Waals surface area contributed by atoms with Crippen molar-refractivity contribution in [3.63, 3.8) is 0 Å². The van der Waals surface area contributed by atoms with E-state index in [4.69, 9.17) is 0 Å². The van der Waals surface area contributed by atoms with Gasteiger partial charge in [0.25, 0.3) is 0 Å². The van der Waals surface area contributed by atoms with E-state index in [0.717, 1.165) is 18.4 Å². The van der Waals surface area contributed by atoms with E-state index in [1.54, 1.807) is 0 Å². The monoisotopic (exact) mass is 353 g/mol. The lowest BCUT2D eigenvalue weighted by atomic mass is 10.0. The van der Waals surface area contributed by atoms with Gasteiger partial charge < -0.3 is 20.4 Å². The number of nitrogens with zero attached hydrogens (tertiary/aromatic N) is 3. The molecule has 1 saturated heterocycles.